The third kappa shape index (κ3) is 1.43. The number of nitrogens with zero attached hydrogens (tertiary/aromatic N) is 2. The van der Waals surface area contributed by atoms with E-state index >= 15 is 0 Å². The molecule has 1 N–H and O–H groups in total. The largest absolute Gasteiger partial charge is 0.527 e. The first-order chi connectivity index (χ1) is 6.09. The Morgan fingerprint density at radius 2 is 2.15 bits per heavy atom. The molecular formula is C6H8BF3N3-. The molecule has 2 heterocycles. The van der Waals surface area contributed by atoms with E-state index in [9.17, 15) is 12.9 Å². The Morgan fingerprint density at radius 3 is 2.62 bits per heavy atom. The zero-order valence-corrected chi connectivity index (χ0v) is 6.75. The van der Waals surface area contributed by atoms with Crippen LogP contribution in [0.3, 0.4) is 0 Å². The maximum absolute atomic E-state index is 12.4. The van der Waals surface area contributed by atoms with Crippen molar-refractivity contribution in [2.24, 2.45) is 0 Å². The van der Waals surface area contributed by atoms with Gasteiger partial charge in [-0.15, -0.1) is 0 Å². The van der Waals surface area contributed by atoms with Gasteiger partial charge in [0.15, 0.2) is 0 Å². The highest BCUT2D eigenvalue weighted by Crippen LogP contribution is 2.14. The van der Waals surface area contributed by atoms with Gasteiger partial charge in [0.25, 0.3) is 0 Å². The van der Waals surface area contributed by atoms with Crippen molar-refractivity contribution in [2.75, 3.05) is 13.1 Å². The first-order valence-corrected chi connectivity index (χ1v) is 4.03. The lowest BCUT2D eigenvalue weighted by molar-refractivity contribution is 0.319. The van der Waals surface area contributed by atoms with E-state index in [0.717, 1.165) is 10.7 Å². The van der Waals surface area contributed by atoms with E-state index < -0.39 is 12.6 Å². The number of halogens is 3. The van der Waals surface area contributed by atoms with Gasteiger partial charge in [-0.05, 0) is 5.59 Å². The van der Waals surface area contributed by atoms with Crippen LogP contribution >= 0.6 is 0 Å². The van der Waals surface area contributed by atoms with Crippen molar-refractivity contribution >= 4 is 12.6 Å². The van der Waals surface area contributed by atoms with Crippen LogP contribution in [0.25, 0.3) is 0 Å². The molecule has 72 valence electrons. The Kier molecular flexibility index (Phi) is 1.83. The molecule has 0 bridgehead atoms. The monoisotopic (exact) mass is 190 g/mol. The number of rotatable bonds is 2. The van der Waals surface area contributed by atoms with E-state index in [2.05, 4.69) is 10.4 Å². The average molecular weight is 190 g/mol. The molecule has 0 spiro atoms. The lowest BCUT2D eigenvalue weighted by Crippen LogP contribution is -2.51. The molecule has 0 radical (unpaired) electrons. The molecule has 0 aliphatic carbocycles. The van der Waals surface area contributed by atoms with Crippen LogP contribution in [0, 0.1) is 0 Å². The molecule has 2 rings (SSSR count). The Labute approximate surface area is 73.0 Å². The zero-order chi connectivity index (χ0) is 9.47. The minimum atomic E-state index is -4.93. The Bertz CT molecular complexity index is 304. The highest BCUT2D eigenvalue weighted by molar-refractivity contribution is 6.72. The maximum atomic E-state index is 12.4. The number of nitrogens with one attached hydrogen (secondary N) is 1. The molecule has 13 heavy (non-hydrogen) atoms. The molecule has 1 saturated heterocycles. The van der Waals surface area contributed by atoms with Gasteiger partial charge in [0, 0.05) is 19.3 Å². The molecular weight excluding hydrogens is 182 g/mol. The Morgan fingerprint density at radius 1 is 1.46 bits per heavy atom. The van der Waals surface area contributed by atoms with Crippen molar-refractivity contribution in [3.8, 4) is 0 Å². The third-order valence-electron chi connectivity index (χ3n) is 2.14. The van der Waals surface area contributed by atoms with E-state index in [4.69, 9.17) is 0 Å². The van der Waals surface area contributed by atoms with Gasteiger partial charge in [0.2, 0.25) is 0 Å². The second kappa shape index (κ2) is 2.76. The Hall–Kier alpha value is -0.975. The molecule has 0 saturated carbocycles. The van der Waals surface area contributed by atoms with Crippen LogP contribution < -0.4 is 10.9 Å². The summed E-state index contributed by atoms with van der Waals surface area (Å²) >= 11 is 0. The smallest absolute Gasteiger partial charge is 0.444 e. The molecule has 1 aliphatic heterocycles. The predicted molar refractivity (Wildman–Crippen MR) is 42.8 cm³/mol. The second-order valence-corrected chi connectivity index (χ2v) is 3.09. The summed E-state index contributed by atoms with van der Waals surface area (Å²) in [6.45, 7) is -3.79. The molecule has 0 amide bonds. The van der Waals surface area contributed by atoms with Crippen LogP contribution in [-0.4, -0.2) is 29.8 Å². The summed E-state index contributed by atoms with van der Waals surface area (Å²) < 4.78 is 38.2. The van der Waals surface area contributed by atoms with Crippen LogP contribution in [-0.2, 0) is 0 Å². The summed E-state index contributed by atoms with van der Waals surface area (Å²) in [4.78, 5) is 0. The first kappa shape index (κ1) is 8.62. The van der Waals surface area contributed by atoms with Gasteiger partial charge in [-0.2, -0.15) is 5.10 Å². The van der Waals surface area contributed by atoms with Crippen molar-refractivity contribution in [1.29, 1.82) is 0 Å². The van der Waals surface area contributed by atoms with Gasteiger partial charge in [-0.1, -0.05) is 6.07 Å². The first-order valence-electron chi connectivity index (χ1n) is 4.03. The zero-order valence-electron chi connectivity index (χ0n) is 6.75. The molecule has 3 nitrogen and oxygen atoms in total. The fraction of sp³-hybridized carbons (Fsp3) is 0.500. The minimum absolute atomic E-state index is 0.131. The molecule has 1 aromatic rings. The van der Waals surface area contributed by atoms with Crippen LogP contribution in [0.5, 0.6) is 0 Å². The minimum Gasteiger partial charge on any atom is -0.444 e. The predicted octanol–water partition coefficient (Wildman–Crippen LogP) is 0.0818. The summed E-state index contributed by atoms with van der Waals surface area (Å²) in [6, 6.07) is 0.895. The molecule has 1 aromatic heterocycles. The topological polar surface area (TPSA) is 29.9 Å². The number of aromatic nitrogens is 2. The summed E-state index contributed by atoms with van der Waals surface area (Å²) in [6.07, 6.45) is 1.20. The van der Waals surface area contributed by atoms with E-state index in [-0.39, 0.29) is 6.04 Å². The summed E-state index contributed by atoms with van der Waals surface area (Å²) in [5.74, 6) is 0. The van der Waals surface area contributed by atoms with Crippen molar-refractivity contribution in [1.82, 2.24) is 15.1 Å². The summed E-state index contributed by atoms with van der Waals surface area (Å²) in [7, 11) is 0. The quantitative estimate of drug-likeness (QED) is 0.669. The van der Waals surface area contributed by atoms with E-state index in [1.807, 2.05) is 0 Å². The Balaban J connectivity index is 2.30. The van der Waals surface area contributed by atoms with E-state index in [1.54, 1.807) is 0 Å². The van der Waals surface area contributed by atoms with Crippen molar-refractivity contribution < 1.29 is 12.9 Å². The fourth-order valence-corrected chi connectivity index (χ4v) is 1.34. The SMILES string of the molecule is F[B-](F)(F)c1ccnn1C1CNC1. The standard InChI is InChI=1S/C6H8BF3N3/c8-7(9,10)6-1-2-12-13(6)5-3-11-4-5/h1-2,5,11H,3-4H2/q-1. The molecule has 0 atom stereocenters. The molecule has 0 aromatic carbocycles. The third-order valence-corrected chi connectivity index (χ3v) is 2.14. The van der Waals surface area contributed by atoms with Gasteiger partial charge in [0.05, 0.1) is 6.04 Å². The van der Waals surface area contributed by atoms with Gasteiger partial charge in [-0.3, -0.25) is 4.68 Å². The van der Waals surface area contributed by atoms with Crippen LogP contribution in [0.1, 0.15) is 6.04 Å². The van der Waals surface area contributed by atoms with Gasteiger partial charge in [-0.25, -0.2) is 0 Å². The lowest BCUT2D eigenvalue weighted by Gasteiger charge is -2.31. The fourth-order valence-electron chi connectivity index (χ4n) is 1.34. The second-order valence-electron chi connectivity index (χ2n) is 3.09. The van der Waals surface area contributed by atoms with Crippen molar-refractivity contribution in [2.45, 2.75) is 6.04 Å². The lowest BCUT2D eigenvalue weighted by atomic mass is 9.85. The average Bonchev–Trinajstić information content (AvgIpc) is 2.29. The van der Waals surface area contributed by atoms with E-state index in [1.165, 1.54) is 6.20 Å². The highest BCUT2D eigenvalue weighted by atomic mass is 19.4. The molecule has 7 heteroatoms. The van der Waals surface area contributed by atoms with E-state index in [0.29, 0.717) is 13.1 Å². The van der Waals surface area contributed by atoms with Gasteiger partial charge >= 0.3 is 6.98 Å². The van der Waals surface area contributed by atoms with Gasteiger partial charge < -0.3 is 18.3 Å². The number of hydrogen-bond donors (Lipinski definition) is 1. The van der Waals surface area contributed by atoms with Crippen LogP contribution in [0.4, 0.5) is 12.9 Å². The summed E-state index contributed by atoms with van der Waals surface area (Å²) in [5, 5.41) is 6.58. The van der Waals surface area contributed by atoms with Gasteiger partial charge in [0.1, 0.15) is 0 Å². The van der Waals surface area contributed by atoms with Crippen molar-refractivity contribution in [3.63, 3.8) is 0 Å². The number of hydrogen-bond acceptors (Lipinski definition) is 2. The molecule has 0 unspecified atom stereocenters. The molecule has 1 aliphatic rings. The normalized spacial score (nSPS) is 18.7. The van der Waals surface area contributed by atoms with Crippen LogP contribution in [0.15, 0.2) is 12.3 Å². The highest BCUT2D eigenvalue weighted by Gasteiger charge is 2.33. The van der Waals surface area contributed by atoms with Crippen molar-refractivity contribution in [3.05, 3.63) is 12.3 Å². The maximum Gasteiger partial charge on any atom is 0.527 e. The van der Waals surface area contributed by atoms with Crippen LogP contribution in [0.2, 0.25) is 0 Å². The molecule has 1 fully saturated rings. The summed E-state index contributed by atoms with van der Waals surface area (Å²) in [5.41, 5.74) is -0.605.